The molecule has 1 atom stereocenters. The summed E-state index contributed by atoms with van der Waals surface area (Å²) in [6, 6.07) is 13.3. The van der Waals surface area contributed by atoms with E-state index < -0.39 is 17.7 Å². The Morgan fingerprint density at radius 3 is 1.53 bits per heavy atom. The van der Waals surface area contributed by atoms with Gasteiger partial charge in [0.15, 0.2) is 17.9 Å². The number of hydrogen-bond acceptors (Lipinski definition) is 10. The molecule has 4 heterocycles. The van der Waals surface area contributed by atoms with Gasteiger partial charge in [0.05, 0.1) is 30.7 Å². The van der Waals surface area contributed by atoms with E-state index in [0.29, 0.717) is 56.4 Å². The van der Waals surface area contributed by atoms with Crippen molar-refractivity contribution in [1.82, 2.24) is 19.8 Å². The number of aldehydes is 1. The Kier molecular flexibility index (Phi) is 19.2. The van der Waals surface area contributed by atoms with E-state index in [2.05, 4.69) is 9.97 Å². The van der Waals surface area contributed by atoms with Crippen molar-refractivity contribution in [1.29, 1.82) is 0 Å². The fourth-order valence-electron chi connectivity index (χ4n) is 6.97. The van der Waals surface area contributed by atoms with Crippen LogP contribution in [0.5, 0.6) is 11.5 Å². The van der Waals surface area contributed by atoms with Gasteiger partial charge in [-0.1, -0.05) is 11.1 Å². The summed E-state index contributed by atoms with van der Waals surface area (Å²) in [4.78, 5) is 69.7. The summed E-state index contributed by atoms with van der Waals surface area (Å²) >= 11 is 0. The Morgan fingerprint density at radius 1 is 0.688 bits per heavy atom. The molecule has 2 aliphatic rings. The van der Waals surface area contributed by atoms with Gasteiger partial charge in [-0.2, -0.15) is 0 Å². The lowest BCUT2D eigenvalue weighted by Gasteiger charge is -2.29. The first-order valence-electron chi connectivity index (χ1n) is 21.3. The predicted octanol–water partition coefficient (Wildman–Crippen LogP) is 8.74. The minimum absolute atomic E-state index is 0.0383. The second-order valence-corrected chi connectivity index (χ2v) is 16.3. The molecule has 2 aromatic carbocycles. The van der Waals surface area contributed by atoms with Crippen molar-refractivity contribution in [3.05, 3.63) is 142 Å². The van der Waals surface area contributed by atoms with Gasteiger partial charge in [0.25, 0.3) is 11.8 Å². The zero-order valence-electron chi connectivity index (χ0n) is 37.6. The molecule has 0 bridgehead atoms. The first-order valence-corrected chi connectivity index (χ1v) is 21.3. The number of aromatic nitrogens is 2. The van der Waals surface area contributed by atoms with E-state index >= 15 is 0 Å². The number of ketones is 2. The van der Waals surface area contributed by atoms with Crippen molar-refractivity contribution in [2.24, 2.45) is 0 Å². The Hall–Kier alpha value is -6.41. The van der Waals surface area contributed by atoms with Gasteiger partial charge in [-0.3, -0.25) is 33.9 Å². The Bertz CT molecular complexity index is 2320. The highest BCUT2D eigenvalue weighted by atomic mass is 19.1. The van der Waals surface area contributed by atoms with Gasteiger partial charge in [0.2, 0.25) is 0 Å². The van der Waals surface area contributed by atoms with Crippen LogP contribution >= 0.6 is 0 Å². The van der Waals surface area contributed by atoms with Crippen LogP contribution in [0.3, 0.4) is 0 Å². The molecule has 12 nitrogen and oxygen atoms in total. The minimum Gasteiger partial charge on any atom is -0.491 e. The van der Waals surface area contributed by atoms with Crippen LogP contribution in [0.4, 0.5) is 8.78 Å². The fourth-order valence-corrected chi connectivity index (χ4v) is 6.97. The van der Waals surface area contributed by atoms with E-state index in [1.165, 1.54) is 18.5 Å². The molecule has 0 spiro atoms. The number of ether oxygens (including phenoxy) is 2. The Labute approximate surface area is 374 Å². The van der Waals surface area contributed by atoms with Crippen LogP contribution in [0.15, 0.2) is 96.6 Å². The van der Waals surface area contributed by atoms with Crippen molar-refractivity contribution >= 4 is 29.7 Å². The molecule has 2 fully saturated rings. The lowest BCUT2D eigenvalue weighted by molar-refractivity contribution is -0.116. The number of aryl methyl sites for hydroxylation is 2. The molecule has 14 heteroatoms. The number of aliphatic hydroxyl groups is 1. The summed E-state index contributed by atoms with van der Waals surface area (Å²) in [5.74, 6) is 0.414. The van der Waals surface area contributed by atoms with E-state index in [4.69, 9.17) is 9.47 Å². The summed E-state index contributed by atoms with van der Waals surface area (Å²) in [7, 11) is 0. The van der Waals surface area contributed by atoms with Crippen LogP contribution in [-0.2, 0) is 9.59 Å². The molecule has 340 valence electrons. The number of nitrogens with zero attached hydrogens (tertiary/aromatic N) is 4. The van der Waals surface area contributed by atoms with Crippen molar-refractivity contribution in [2.45, 2.75) is 98.9 Å². The molecule has 1 N–H and O–H groups in total. The van der Waals surface area contributed by atoms with E-state index in [1.807, 2.05) is 76.8 Å². The molecule has 2 amide bonds. The molecular formula is C50H58F2N4O8. The number of carbonyl (C=O) groups excluding carboxylic acids is 5. The number of amides is 2. The molecule has 4 aromatic rings. The molecule has 2 aliphatic heterocycles. The number of carbonyl (C=O) groups is 5. The van der Waals surface area contributed by atoms with Gasteiger partial charge in [-0.05, 0) is 146 Å². The molecule has 1 unspecified atom stereocenters. The quantitative estimate of drug-likeness (QED) is 0.108. The smallest absolute Gasteiger partial charge is 0.253 e. The zero-order valence-corrected chi connectivity index (χ0v) is 37.6. The summed E-state index contributed by atoms with van der Waals surface area (Å²) < 4.78 is 36.8. The van der Waals surface area contributed by atoms with Crippen LogP contribution in [-0.4, -0.2) is 92.9 Å². The normalized spacial score (nSPS) is 14.1. The average molecular weight is 881 g/mol. The summed E-state index contributed by atoms with van der Waals surface area (Å²) in [5, 5.41) is 10.2. The van der Waals surface area contributed by atoms with Gasteiger partial charge in [0, 0.05) is 67.2 Å². The minimum atomic E-state index is -1.10. The van der Waals surface area contributed by atoms with Gasteiger partial charge in [0.1, 0.15) is 23.1 Å². The third kappa shape index (κ3) is 16.1. The number of likely N-dealkylation sites (tertiary alicyclic amines) is 2. The third-order valence-corrected chi connectivity index (χ3v) is 10.1. The second-order valence-electron chi connectivity index (χ2n) is 16.3. The molecule has 0 saturated carbocycles. The van der Waals surface area contributed by atoms with Gasteiger partial charge < -0.3 is 24.4 Å². The van der Waals surface area contributed by atoms with E-state index in [-0.39, 0.29) is 53.1 Å². The van der Waals surface area contributed by atoms with E-state index in [1.54, 1.807) is 30.0 Å². The maximum absolute atomic E-state index is 13.2. The Morgan fingerprint density at radius 2 is 1.14 bits per heavy atom. The summed E-state index contributed by atoms with van der Waals surface area (Å²) in [5.41, 5.74) is 5.82. The summed E-state index contributed by atoms with van der Waals surface area (Å²) in [6.07, 6.45) is 10.2. The largest absolute Gasteiger partial charge is 0.491 e. The van der Waals surface area contributed by atoms with Gasteiger partial charge in [-0.25, -0.2) is 8.78 Å². The topological polar surface area (TPSA) is 156 Å². The molecule has 2 aromatic heterocycles. The molecule has 64 heavy (non-hydrogen) atoms. The maximum Gasteiger partial charge on any atom is 0.253 e. The number of pyridine rings is 2. The lowest BCUT2D eigenvalue weighted by atomic mass is 9.99. The average Bonchev–Trinajstić information content (AvgIpc) is 3.25. The second kappa shape index (κ2) is 24.4. The standard InChI is InChI=1S/C25H29FN2O4.C19H25NO3.C6H4FNO/c1-16(2)32-24-5-4-19(10-17(24)3)25(31)28-8-6-18(7-9-28)11-22(29)13-23(30)20-12-21(26)15-27-14-20;1-13(2)23-18-6-5-17(11-14(18)3)19(22)20-9-7-16(8-10-20)12-15(4)21;7-6-1-5(4-9)2-8-3-6/h4-5,10-12,14-16,23,30H,6-9,13H2,1-3H3;5-6,11-13H,7-10H2,1-4H3;1-4H. The van der Waals surface area contributed by atoms with Crippen molar-refractivity contribution in [2.75, 3.05) is 26.2 Å². The predicted molar refractivity (Wildman–Crippen MR) is 239 cm³/mol. The number of rotatable bonds is 12. The lowest BCUT2D eigenvalue weighted by Crippen LogP contribution is -2.36. The SMILES string of the molecule is CC(=O)C=C1CCN(C(=O)c2ccc(OC(C)C)c(C)c2)CC1.Cc1cc(C(=O)N2CCC(=CC(=O)CC(O)c3cncc(F)c3)CC2)ccc1OC(C)C.O=Cc1cncc(F)c1. The van der Waals surface area contributed by atoms with Crippen molar-refractivity contribution < 1.29 is 47.3 Å². The van der Waals surface area contributed by atoms with Crippen LogP contribution in [0.2, 0.25) is 0 Å². The van der Waals surface area contributed by atoms with E-state index in [0.717, 1.165) is 65.1 Å². The number of halogens is 2. The number of aliphatic hydroxyl groups excluding tert-OH is 1. The molecule has 0 radical (unpaired) electrons. The third-order valence-electron chi connectivity index (χ3n) is 10.1. The van der Waals surface area contributed by atoms with Crippen molar-refractivity contribution in [3.8, 4) is 11.5 Å². The van der Waals surface area contributed by atoms with Crippen LogP contribution < -0.4 is 9.47 Å². The first kappa shape index (κ1) is 50.2. The van der Waals surface area contributed by atoms with Crippen LogP contribution in [0.25, 0.3) is 0 Å². The van der Waals surface area contributed by atoms with Crippen LogP contribution in [0.1, 0.15) is 121 Å². The fraction of sp³-hybridized carbons (Fsp3) is 0.380. The maximum atomic E-state index is 13.2. The highest BCUT2D eigenvalue weighted by molar-refractivity contribution is 5.96. The monoisotopic (exact) mass is 880 g/mol. The number of benzene rings is 2. The number of hydrogen-bond donors (Lipinski definition) is 1. The van der Waals surface area contributed by atoms with Crippen LogP contribution in [0, 0.1) is 25.5 Å². The van der Waals surface area contributed by atoms with Gasteiger partial charge in [-0.15, -0.1) is 0 Å². The first-order chi connectivity index (χ1) is 30.4. The molecule has 0 aliphatic carbocycles. The zero-order chi connectivity index (χ0) is 46.9. The molecular weight excluding hydrogens is 823 g/mol. The molecule has 2 saturated heterocycles. The Balaban J connectivity index is 0.000000243. The highest BCUT2D eigenvalue weighted by Crippen LogP contribution is 2.26. The highest BCUT2D eigenvalue weighted by Gasteiger charge is 2.23. The van der Waals surface area contributed by atoms with Crippen molar-refractivity contribution in [3.63, 3.8) is 0 Å². The molecule has 6 rings (SSSR count). The summed E-state index contributed by atoms with van der Waals surface area (Å²) in [6.45, 7) is 15.7. The number of allylic oxidation sites excluding steroid dienone is 2. The number of piperidine rings is 2. The van der Waals surface area contributed by atoms with E-state index in [9.17, 15) is 37.9 Å². The van der Waals surface area contributed by atoms with Gasteiger partial charge >= 0.3 is 0 Å².